The minimum atomic E-state index is -0.440. The highest BCUT2D eigenvalue weighted by molar-refractivity contribution is 5.34. The molecule has 0 saturated carbocycles. The highest BCUT2D eigenvalue weighted by atomic mass is 16.5. The molecule has 0 amide bonds. The van der Waals surface area contributed by atoms with E-state index in [-0.39, 0.29) is 18.2 Å². The molecule has 1 atom stereocenters. The number of benzene rings is 2. The Morgan fingerprint density at radius 1 is 1.04 bits per heavy atom. The summed E-state index contributed by atoms with van der Waals surface area (Å²) in [5.74, 6) is -0.0600. The van der Waals surface area contributed by atoms with E-state index in [0.29, 0.717) is 12.2 Å². The van der Waals surface area contributed by atoms with Crippen LogP contribution in [0.15, 0.2) is 64.2 Å². The first kappa shape index (κ1) is 19.8. The number of ether oxygens (including phenoxy) is 1. The lowest BCUT2D eigenvalue weighted by Gasteiger charge is -2.23. The van der Waals surface area contributed by atoms with E-state index in [1.165, 1.54) is 0 Å². The summed E-state index contributed by atoms with van der Waals surface area (Å²) in [6, 6.07) is 18.0. The van der Waals surface area contributed by atoms with Gasteiger partial charge in [0.25, 0.3) is 5.56 Å². The Balaban J connectivity index is 1.99. The SMILES string of the molecule is CCC(c1cccc(C)c1)c1c(C)c(=O)[nH]c(=O)n1COCc1ccccc1. The summed E-state index contributed by atoms with van der Waals surface area (Å²) in [6.07, 6.45) is 0.770. The Kier molecular flexibility index (Phi) is 6.26. The van der Waals surface area contributed by atoms with Crippen molar-refractivity contribution in [1.82, 2.24) is 9.55 Å². The number of aromatic amines is 1. The summed E-state index contributed by atoms with van der Waals surface area (Å²) >= 11 is 0. The van der Waals surface area contributed by atoms with Crippen LogP contribution in [0.2, 0.25) is 0 Å². The van der Waals surface area contributed by atoms with E-state index in [2.05, 4.69) is 18.0 Å². The molecule has 0 fully saturated rings. The molecule has 5 heteroatoms. The molecule has 5 nitrogen and oxygen atoms in total. The number of nitrogens with one attached hydrogen (secondary N) is 1. The smallest absolute Gasteiger partial charge is 0.330 e. The van der Waals surface area contributed by atoms with Crippen molar-refractivity contribution in [2.75, 3.05) is 0 Å². The topological polar surface area (TPSA) is 64.1 Å². The van der Waals surface area contributed by atoms with Crippen molar-refractivity contribution in [2.45, 2.75) is 46.4 Å². The number of H-pyrrole nitrogens is 1. The van der Waals surface area contributed by atoms with Crippen LogP contribution in [0, 0.1) is 13.8 Å². The van der Waals surface area contributed by atoms with Crippen molar-refractivity contribution in [3.8, 4) is 0 Å². The summed E-state index contributed by atoms with van der Waals surface area (Å²) in [5, 5.41) is 0. The van der Waals surface area contributed by atoms with E-state index >= 15 is 0 Å². The average Bonchev–Trinajstić information content (AvgIpc) is 2.69. The van der Waals surface area contributed by atoms with E-state index in [4.69, 9.17) is 4.74 Å². The van der Waals surface area contributed by atoms with Crippen LogP contribution in [-0.2, 0) is 18.1 Å². The van der Waals surface area contributed by atoms with Gasteiger partial charge in [-0.15, -0.1) is 0 Å². The average molecular weight is 378 g/mol. The largest absolute Gasteiger partial charge is 0.356 e. The van der Waals surface area contributed by atoms with Crippen LogP contribution >= 0.6 is 0 Å². The number of nitrogens with zero attached hydrogens (tertiary/aromatic N) is 1. The van der Waals surface area contributed by atoms with Gasteiger partial charge in [0.05, 0.1) is 6.61 Å². The van der Waals surface area contributed by atoms with E-state index in [9.17, 15) is 9.59 Å². The molecule has 0 aliphatic carbocycles. The molecule has 1 unspecified atom stereocenters. The summed E-state index contributed by atoms with van der Waals surface area (Å²) in [6.45, 7) is 6.35. The third-order valence-corrected chi connectivity index (χ3v) is 5.00. The van der Waals surface area contributed by atoms with Crippen molar-refractivity contribution >= 4 is 0 Å². The number of hydrogen-bond donors (Lipinski definition) is 1. The summed E-state index contributed by atoms with van der Waals surface area (Å²) in [5.41, 5.74) is 3.76. The molecule has 146 valence electrons. The van der Waals surface area contributed by atoms with Gasteiger partial charge in [-0.05, 0) is 31.4 Å². The molecule has 0 bridgehead atoms. The second kappa shape index (κ2) is 8.85. The van der Waals surface area contributed by atoms with Crippen molar-refractivity contribution in [2.24, 2.45) is 0 Å². The van der Waals surface area contributed by atoms with Gasteiger partial charge < -0.3 is 4.74 Å². The number of hydrogen-bond acceptors (Lipinski definition) is 3. The van der Waals surface area contributed by atoms with Gasteiger partial charge in [0, 0.05) is 17.2 Å². The van der Waals surface area contributed by atoms with Crippen LogP contribution in [0.5, 0.6) is 0 Å². The van der Waals surface area contributed by atoms with Crippen molar-refractivity contribution in [3.63, 3.8) is 0 Å². The molecule has 3 rings (SSSR count). The first-order chi connectivity index (χ1) is 13.5. The Bertz CT molecular complexity index is 1050. The minimum Gasteiger partial charge on any atom is -0.356 e. The predicted molar refractivity (Wildman–Crippen MR) is 111 cm³/mol. The second-order valence-corrected chi connectivity index (χ2v) is 7.04. The monoisotopic (exact) mass is 378 g/mol. The van der Waals surface area contributed by atoms with Crippen molar-refractivity contribution in [3.05, 3.63) is 103 Å². The number of aryl methyl sites for hydroxylation is 1. The van der Waals surface area contributed by atoms with Gasteiger partial charge in [0.2, 0.25) is 0 Å². The van der Waals surface area contributed by atoms with E-state index in [1.54, 1.807) is 11.5 Å². The molecular weight excluding hydrogens is 352 g/mol. The fourth-order valence-electron chi connectivity index (χ4n) is 3.57. The van der Waals surface area contributed by atoms with Crippen LogP contribution in [0.4, 0.5) is 0 Å². The standard InChI is InChI=1S/C23H26N2O3/c1-4-20(19-12-8-9-16(2)13-19)21-17(3)22(26)24-23(27)25(21)15-28-14-18-10-6-5-7-11-18/h5-13,20H,4,14-15H2,1-3H3,(H,24,26,27). The van der Waals surface area contributed by atoms with Gasteiger partial charge >= 0.3 is 5.69 Å². The Labute approximate surface area is 164 Å². The Morgan fingerprint density at radius 3 is 2.46 bits per heavy atom. The molecule has 1 aromatic heterocycles. The predicted octanol–water partition coefficient (Wildman–Crippen LogP) is 3.87. The third kappa shape index (κ3) is 4.31. The summed E-state index contributed by atoms with van der Waals surface area (Å²) in [4.78, 5) is 27.3. The van der Waals surface area contributed by atoms with Gasteiger partial charge in [-0.25, -0.2) is 4.79 Å². The van der Waals surface area contributed by atoms with E-state index in [1.807, 2.05) is 55.5 Å². The molecule has 1 heterocycles. The highest BCUT2D eigenvalue weighted by Gasteiger charge is 2.21. The van der Waals surface area contributed by atoms with Crippen molar-refractivity contribution in [1.29, 1.82) is 0 Å². The van der Waals surface area contributed by atoms with Gasteiger partial charge in [-0.2, -0.15) is 0 Å². The molecule has 0 aliphatic heterocycles. The fourth-order valence-corrected chi connectivity index (χ4v) is 3.57. The maximum Gasteiger partial charge on any atom is 0.330 e. The molecule has 28 heavy (non-hydrogen) atoms. The normalized spacial score (nSPS) is 12.1. The maximum absolute atomic E-state index is 12.6. The van der Waals surface area contributed by atoms with Crippen LogP contribution in [0.1, 0.15) is 47.2 Å². The molecule has 0 aliphatic rings. The van der Waals surface area contributed by atoms with Gasteiger partial charge in [0.1, 0.15) is 6.73 Å². The molecule has 0 spiro atoms. The zero-order valence-corrected chi connectivity index (χ0v) is 16.6. The molecule has 0 radical (unpaired) electrons. The summed E-state index contributed by atoms with van der Waals surface area (Å²) < 4.78 is 7.37. The van der Waals surface area contributed by atoms with Crippen LogP contribution in [0.25, 0.3) is 0 Å². The molecule has 2 aromatic carbocycles. The van der Waals surface area contributed by atoms with Crippen LogP contribution in [-0.4, -0.2) is 9.55 Å². The number of aromatic nitrogens is 2. The van der Waals surface area contributed by atoms with Crippen LogP contribution in [0.3, 0.4) is 0 Å². The van der Waals surface area contributed by atoms with Crippen LogP contribution < -0.4 is 11.2 Å². The van der Waals surface area contributed by atoms with Gasteiger partial charge in [-0.1, -0.05) is 67.1 Å². The van der Waals surface area contributed by atoms with E-state index < -0.39 is 5.69 Å². The molecule has 1 N–H and O–H groups in total. The first-order valence-corrected chi connectivity index (χ1v) is 9.53. The fraction of sp³-hybridized carbons (Fsp3) is 0.304. The Morgan fingerprint density at radius 2 is 1.79 bits per heavy atom. The zero-order valence-electron chi connectivity index (χ0n) is 16.6. The highest BCUT2D eigenvalue weighted by Crippen LogP contribution is 2.29. The summed E-state index contributed by atoms with van der Waals surface area (Å²) in [7, 11) is 0. The lowest BCUT2D eigenvalue weighted by Crippen LogP contribution is -2.36. The van der Waals surface area contributed by atoms with Gasteiger partial charge in [0.15, 0.2) is 0 Å². The van der Waals surface area contributed by atoms with Crippen molar-refractivity contribution < 1.29 is 4.74 Å². The second-order valence-electron chi connectivity index (χ2n) is 7.04. The first-order valence-electron chi connectivity index (χ1n) is 9.53. The number of rotatable bonds is 7. The Hall–Kier alpha value is -2.92. The minimum absolute atomic E-state index is 0.0600. The quantitative estimate of drug-likeness (QED) is 0.679. The van der Waals surface area contributed by atoms with Gasteiger partial charge in [-0.3, -0.25) is 14.3 Å². The molecule has 3 aromatic rings. The lowest BCUT2D eigenvalue weighted by atomic mass is 9.89. The lowest BCUT2D eigenvalue weighted by molar-refractivity contribution is 0.0583. The third-order valence-electron chi connectivity index (χ3n) is 5.00. The molecular formula is C23H26N2O3. The molecule has 0 saturated heterocycles. The zero-order chi connectivity index (χ0) is 20.1. The van der Waals surface area contributed by atoms with E-state index in [0.717, 1.165) is 28.8 Å². The maximum atomic E-state index is 12.6.